The van der Waals surface area contributed by atoms with E-state index < -0.39 is 23.8 Å². The third-order valence-corrected chi connectivity index (χ3v) is 6.49. The number of thiophene rings is 1. The van der Waals surface area contributed by atoms with Crippen LogP contribution >= 0.6 is 11.3 Å². The van der Waals surface area contributed by atoms with Crippen LogP contribution in [0.15, 0.2) is 64.2 Å². The van der Waals surface area contributed by atoms with Gasteiger partial charge >= 0.3 is 11.7 Å². The minimum atomic E-state index is -1.24. The zero-order chi connectivity index (χ0) is 22.1. The molecular weight excluding hydrogens is 416 g/mol. The number of fused-ring (bicyclic) bond motifs is 1. The normalized spacial score (nSPS) is 11.0. The SMILES string of the molecule is COc1ccc(-c2sc3c(c2C)c(=O)n(CC(=O)O)c(=O)n3Cc2ccccc2)cc1. The van der Waals surface area contributed by atoms with Crippen LogP contribution in [0.2, 0.25) is 0 Å². The van der Waals surface area contributed by atoms with Crippen molar-refractivity contribution in [1.82, 2.24) is 9.13 Å². The summed E-state index contributed by atoms with van der Waals surface area (Å²) in [4.78, 5) is 39.0. The Kier molecular flexibility index (Phi) is 5.48. The number of carboxylic acid groups (broad SMARTS) is 1. The molecule has 7 nitrogen and oxygen atoms in total. The van der Waals surface area contributed by atoms with Crippen LogP contribution in [0.4, 0.5) is 0 Å². The van der Waals surface area contributed by atoms with E-state index in [0.29, 0.717) is 16.0 Å². The molecule has 0 aliphatic heterocycles. The smallest absolute Gasteiger partial charge is 0.332 e. The lowest BCUT2D eigenvalue weighted by atomic mass is 10.1. The van der Waals surface area contributed by atoms with Gasteiger partial charge in [-0.2, -0.15) is 0 Å². The van der Waals surface area contributed by atoms with Crippen molar-refractivity contribution in [1.29, 1.82) is 0 Å². The zero-order valence-corrected chi connectivity index (χ0v) is 17.8. The highest BCUT2D eigenvalue weighted by Crippen LogP contribution is 2.37. The lowest BCUT2D eigenvalue weighted by Crippen LogP contribution is -2.41. The molecule has 0 radical (unpaired) electrons. The largest absolute Gasteiger partial charge is 0.497 e. The number of carbonyl (C=O) groups is 1. The molecule has 4 aromatic rings. The van der Waals surface area contributed by atoms with E-state index in [-0.39, 0.29) is 6.54 Å². The highest BCUT2D eigenvalue weighted by molar-refractivity contribution is 7.22. The molecule has 0 bridgehead atoms. The van der Waals surface area contributed by atoms with Crippen molar-refractivity contribution in [3.05, 3.63) is 86.6 Å². The monoisotopic (exact) mass is 436 g/mol. The van der Waals surface area contributed by atoms with Crippen molar-refractivity contribution in [2.45, 2.75) is 20.0 Å². The third-order valence-electron chi connectivity index (χ3n) is 5.12. The van der Waals surface area contributed by atoms with Gasteiger partial charge in [-0.1, -0.05) is 30.3 Å². The molecule has 1 N–H and O–H groups in total. The molecule has 0 aliphatic rings. The lowest BCUT2D eigenvalue weighted by molar-refractivity contribution is -0.137. The quantitative estimate of drug-likeness (QED) is 0.501. The molecule has 0 unspecified atom stereocenters. The Morgan fingerprint density at radius 1 is 1.03 bits per heavy atom. The van der Waals surface area contributed by atoms with Crippen LogP contribution in [0.25, 0.3) is 20.7 Å². The fourth-order valence-electron chi connectivity index (χ4n) is 3.59. The van der Waals surface area contributed by atoms with Crippen LogP contribution in [0.5, 0.6) is 5.75 Å². The molecule has 0 fully saturated rings. The van der Waals surface area contributed by atoms with Gasteiger partial charge in [0, 0.05) is 4.88 Å². The molecule has 8 heteroatoms. The second-order valence-corrected chi connectivity index (χ2v) is 8.10. The average Bonchev–Trinajstić information content (AvgIpc) is 3.12. The Morgan fingerprint density at radius 3 is 2.32 bits per heavy atom. The number of nitrogens with zero attached hydrogens (tertiary/aromatic N) is 2. The molecule has 31 heavy (non-hydrogen) atoms. The summed E-state index contributed by atoms with van der Waals surface area (Å²) in [6.45, 7) is 1.37. The maximum atomic E-state index is 13.1. The second kappa shape index (κ2) is 8.23. The van der Waals surface area contributed by atoms with Crippen LogP contribution < -0.4 is 16.0 Å². The van der Waals surface area contributed by atoms with Gasteiger partial charge in [0.2, 0.25) is 0 Å². The van der Waals surface area contributed by atoms with Gasteiger partial charge in [-0.3, -0.25) is 14.2 Å². The zero-order valence-electron chi connectivity index (χ0n) is 17.0. The Hall–Kier alpha value is -3.65. The van der Waals surface area contributed by atoms with Crippen LogP contribution in [0.3, 0.4) is 0 Å². The highest BCUT2D eigenvalue weighted by Gasteiger charge is 2.22. The predicted molar refractivity (Wildman–Crippen MR) is 120 cm³/mol. The summed E-state index contributed by atoms with van der Waals surface area (Å²) in [5.74, 6) is -0.527. The van der Waals surface area contributed by atoms with Crippen molar-refractivity contribution in [3.63, 3.8) is 0 Å². The Balaban J connectivity index is 2.00. The molecule has 2 heterocycles. The first-order chi connectivity index (χ1) is 14.9. The van der Waals surface area contributed by atoms with Gasteiger partial charge < -0.3 is 9.84 Å². The van der Waals surface area contributed by atoms with Gasteiger partial charge in [-0.05, 0) is 47.9 Å². The summed E-state index contributed by atoms with van der Waals surface area (Å²) >= 11 is 1.35. The standard InChI is InChI=1S/C23H20N2O5S/c1-14-19-21(28)24(13-18(26)27)23(29)25(12-15-6-4-3-5-7-15)22(19)31-20(14)16-8-10-17(30-2)11-9-16/h3-11H,12-13H2,1-2H3,(H,26,27). The van der Waals surface area contributed by atoms with E-state index in [1.807, 2.05) is 61.5 Å². The molecule has 0 amide bonds. The summed E-state index contributed by atoms with van der Waals surface area (Å²) in [6, 6.07) is 16.8. The van der Waals surface area contributed by atoms with E-state index in [4.69, 9.17) is 4.74 Å². The molecule has 0 aliphatic carbocycles. The molecule has 2 aromatic heterocycles. The first-order valence-electron chi connectivity index (χ1n) is 9.57. The molecule has 0 spiro atoms. The van der Waals surface area contributed by atoms with E-state index in [1.165, 1.54) is 15.9 Å². The first-order valence-corrected chi connectivity index (χ1v) is 10.4. The number of benzene rings is 2. The Labute approximate surface area is 181 Å². The first kappa shape index (κ1) is 20.6. The van der Waals surface area contributed by atoms with Gasteiger partial charge in [-0.25, -0.2) is 9.36 Å². The second-order valence-electron chi connectivity index (χ2n) is 7.10. The van der Waals surface area contributed by atoms with Crippen molar-refractivity contribution in [3.8, 4) is 16.2 Å². The number of aliphatic carboxylic acids is 1. The van der Waals surface area contributed by atoms with E-state index in [1.54, 1.807) is 7.11 Å². The molecular formula is C23H20N2O5S. The number of hydrogen-bond acceptors (Lipinski definition) is 5. The summed E-state index contributed by atoms with van der Waals surface area (Å²) in [5, 5.41) is 9.62. The summed E-state index contributed by atoms with van der Waals surface area (Å²) < 4.78 is 7.50. The number of rotatable bonds is 6. The van der Waals surface area contributed by atoms with E-state index in [2.05, 4.69) is 0 Å². The number of carboxylic acids is 1. The Morgan fingerprint density at radius 2 is 1.71 bits per heavy atom. The van der Waals surface area contributed by atoms with Gasteiger partial charge in [0.05, 0.1) is 19.0 Å². The topological polar surface area (TPSA) is 90.5 Å². The van der Waals surface area contributed by atoms with Crippen molar-refractivity contribution < 1.29 is 14.6 Å². The fourth-order valence-corrected chi connectivity index (χ4v) is 4.89. The minimum Gasteiger partial charge on any atom is -0.497 e. The van der Waals surface area contributed by atoms with Crippen molar-refractivity contribution >= 4 is 27.5 Å². The van der Waals surface area contributed by atoms with Gasteiger partial charge in [0.25, 0.3) is 5.56 Å². The third kappa shape index (κ3) is 3.77. The molecule has 0 saturated carbocycles. The molecule has 2 aromatic carbocycles. The van der Waals surface area contributed by atoms with Crippen molar-refractivity contribution in [2.24, 2.45) is 0 Å². The van der Waals surface area contributed by atoms with E-state index in [9.17, 15) is 19.5 Å². The molecule has 0 saturated heterocycles. The highest BCUT2D eigenvalue weighted by atomic mass is 32.1. The van der Waals surface area contributed by atoms with E-state index in [0.717, 1.165) is 26.1 Å². The summed E-state index contributed by atoms with van der Waals surface area (Å²) in [6.07, 6.45) is 0. The van der Waals surface area contributed by atoms with Crippen molar-refractivity contribution in [2.75, 3.05) is 7.11 Å². The summed E-state index contributed by atoms with van der Waals surface area (Å²) in [5.41, 5.74) is 1.27. The van der Waals surface area contributed by atoms with Gasteiger partial charge in [-0.15, -0.1) is 11.3 Å². The minimum absolute atomic E-state index is 0.234. The van der Waals surface area contributed by atoms with Crippen LogP contribution in [0.1, 0.15) is 11.1 Å². The van der Waals surface area contributed by atoms with Crippen LogP contribution in [0, 0.1) is 6.92 Å². The van der Waals surface area contributed by atoms with Gasteiger partial charge in [0.15, 0.2) is 0 Å². The predicted octanol–water partition coefficient (Wildman–Crippen LogP) is 3.34. The van der Waals surface area contributed by atoms with Gasteiger partial charge in [0.1, 0.15) is 17.1 Å². The number of aromatic nitrogens is 2. The van der Waals surface area contributed by atoms with E-state index >= 15 is 0 Å². The number of methoxy groups -OCH3 is 1. The molecule has 158 valence electrons. The fraction of sp³-hybridized carbons (Fsp3) is 0.174. The molecule has 0 atom stereocenters. The Bertz CT molecular complexity index is 1380. The number of ether oxygens (including phenoxy) is 1. The maximum Gasteiger partial charge on any atom is 0.332 e. The number of aryl methyl sites for hydroxylation is 1. The maximum absolute atomic E-state index is 13.1. The molecule has 4 rings (SSSR count). The number of hydrogen-bond donors (Lipinski definition) is 1. The summed E-state index contributed by atoms with van der Waals surface area (Å²) in [7, 11) is 1.59. The average molecular weight is 436 g/mol. The van der Waals surface area contributed by atoms with Crippen LogP contribution in [-0.2, 0) is 17.9 Å². The van der Waals surface area contributed by atoms with Crippen LogP contribution in [-0.4, -0.2) is 27.3 Å². The lowest BCUT2D eigenvalue weighted by Gasteiger charge is -2.11.